The molecule has 0 amide bonds. The number of nitrogens with one attached hydrogen (secondary N) is 1. The van der Waals surface area contributed by atoms with Gasteiger partial charge in [0.25, 0.3) is 0 Å². The molecule has 4 nitrogen and oxygen atoms in total. The summed E-state index contributed by atoms with van der Waals surface area (Å²) in [4.78, 5) is 6.69. The zero-order valence-corrected chi connectivity index (χ0v) is 14.7. The fourth-order valence-corrected chi connectivity index (χ4v) is 3.24. The number of benzene rings is 1. The van der Waals surface area contributed by atoms with E-state index in [0.29, 0.717) is 21.8 Å². The Morgan fingerprint density at radius 3 is 2.67 bits per heavy atom. The van der Waals surface area contributed by atoms with Crippen LogP contribution >= 0.6 is 23.2 Å². The Morgan fingerprint density at radius 1 is 1.17 bits per heavy atom. The SMILES string of the molecule is N#Cc1cccc(NC2CCN(Cc3ccc(Cl)c(Cl)c3)CC2)n1. The van der Waals surface area contributed by atoms with Gasteiger partial charge >= 0.3 is 0 Å². The summed E-state index contributed by atoms with van der Waals surface area (Å²) in [5.74, 6) is 0.775. The fraction of sp³-hybridized carbons (Fsp3) is 0.333. The number of rotatable bonds is 4. The first-order valence-corrected chi connectivity index (χ1v) is 8.69. The maximum atomic E-state index is 8.91. The summed E-state index contributed by atoms with van der Waals surface area (Å²) < 4.78 is 0. The second-order valence-electron chi connectivity index (χ2n) is 5.96. The van der Waals surface area contributed by atoms with Crippen molar-refractivity contribution < 1.29 is 0 Å². The minimum Gasteiger partial charge on any atom is -0.367 e. The second-order valence-corrected chi connectivity index (χ2v) is 6.78. The monoisotopic (exact) mass is 360 g/mol. The third kappa shape index (κ3) is 4.39. The first-order chi connectivity index (χ1) is 11.6. The van der Waals surface area contributed by atoms with Gasteiger partial charge in [0.1, 0.15) is 17.6 Å². The number of halogens is 2. The van der Waals surface area contributed by atoms with E-state index in [2.05, 4.69) is 21.3 Å². The predicted molar refractivity (Wildman–Crippen MR) is 97.3 cm³/mol. The number of hydrogen-bond acceptors (Lipinski definition) is 4. The highest BCUT2D eigenvalue weighted by Gasteiger charge is 2.19. The lowest BCUT2D eigenvalue weighted by molar-refractivity contribution is 0.211. The number of nitriles is 1. The molecule has 1 saturated heterocycles. The lowest BCUT2D eigenvalue weighted by Gasteiger charge is -2.32. The molecule has 24 heavy (non-hydrogen) atoms. The maximum absolute atomic E-state index is 8.91. The number of aromatic nitrogens is 1. The molecule has 0 atom stereocenters. The molecular formula is C18H18Cl2N4. The summed E-state index contributed by atoms with van der Waals surface area (Å²) in [5.41, 5.74) is 1.62. The normalized spacial score (nSPS) is 15.9. The van der Waals surface area contributed by atoms with Gasteiger partial charge in [-0.25, -0.2) is 4.98 Å². The molecule has 1 fully saturated rings. The number of hydrogen-bond donors (Lipinski definition) is 1. The topological polar surface area (TPSA) is 52.0 Å². The van der Waals surface area contributed by atoms with Crippen molar-refractivity contribution in [3.05, 3.63) is 57.7 Å². The quantitative estimate of drug-likeness (QED) is 0.880. The summed E-state index contributed by atoms with van der Waals surface area (Å²) in [6.45, 7) is 2.90. The Kier molecular flexibility index (Phi) is 5.57. The molecule has 1 aliphatic heterocycles. The van der Waals surface area contributed by atoms with Gasteiger partial charge < -0.3 is 5.32 Å². The van der Waals surface area contributed by atoms with Crippen molar-refractivity contribution in [3.8, 4) is 6.07 Å². The third-order valence-corrected chi connectivity index (χ3v) is 4.93. The van der Waals surface area contributed by atoms with Crippen LogP contribution in [0.25, 0.3) is 0 Å². The van der Waals surface area contributed by atoms with Crippen LogP contribution in [0, 0.1) is 11.3 Å². The van der Waals surface area contributed by atoms with E-state index in [1.807, 2.05) is 30.3 Å². The average molecular weight is 361 g/mol. The fourth-order valence-electron chi connectivity index (χ4n) is 2.92. The van der Waals surface area contributed by atoms with E-state index in [1.54, 1.807) is 6.07 Å². The number of piperidine rings is 1. The molecule has 124 valence electrons. The van der Waals surface area contributed by atoms with Crippen LogP contribution < -0.4 is 5.32 Å². The molecule has 1 N–H and O–H groups in total. The first kappa shape index (κ1) is 17.0. The van der Waals surface area contributed by atoms with Gasteiger partial charge in [0.2, 0.25) is 0 Å². The Labute approximate surface area is 152 Å². The van der Waals surface area contributed by atoms with E-state index >= 15 is 0 Å². The Balaban J connectivity index is 1.52. The van der Waals surface area contributed by atoms with Crippen LogP contribution in [0.15, 0.2) is 36.4 Å². The average Bonchev–Trinajstić information content (AvgIpc) is 2.60. The molecule has 0 bridgehead atoms. The molecule has 1 aromatic heterocycles. The summed E-state index contributed by atoms with van der Waals surface area (Å²) in [6.07, 6.45) is 2.08. The van der Waals surface area contributed by atoms with E-state index in [9.17, 15) is 0 Å². The van der Waals surface area contributed by atoms with Gasteiger partial charge in [-0.05, 0) is 42.7 Å². The molecule has 2 heterocycles. The van der Waals surface area contributed by atoms with Crippen molar-refractivity contribution in [2.45, 2.75) is 25.4 Å². The summed E-state index contributed by atoms with van der Waals surface area (Å²) in [5, 5.41) is 13.5. The Morgan fingerprint density at radius 2 is 1.96 bits per heavy atom. The predicted octanol–water partition coefficient (Wildman–Crippen LogP) is 4.34. The van der Waals surface area contributed by atoms with Gasteiger partial charge in [0.15, 0.2) is 0 Å². The summed E-state index contributed by atoms with van der Waals surface area (Å²) >= 11 is 12.0. The van der Waals surface area contributed by atoms with Gasteiger partial charge in [-0.3, -0.25) is 4.90 Å². The van der Waals surface area contributed by atoms with Crippen LogP contribution in [0.3, 0.4) is 0 Å². The van der Waals surface area contributed by atoms with Crippen LogP contribution in [0.5, 0.6) is 0 Å². The zero-order valence-electron chi connectivity index (χ0n) is 13.2. The molecule has 0 radical (unpaired) electrons. The highest BCUT2D eigenvalue weighted by molar-refractivity contribution is 6.42. The van der Waals surface area contributed by atoms with Crippen LogP contribution in [0.1, 0.15) is 24.1 Å². The van der Waals surface area contributed by atoms with Gasteiger partial charge in [-0.2, -0.15) is 5.26 Å². The van der Waals surface area contributed by atoms with E-state index in [0.717, 1.165) is 38.3 Å². The zero-order chi connectivity index (χ0) is 16.9. The smallest absolute Gasteiger partial charge is 0.142 e. The Hall–Kier alpha value is -1.80. The van der Waals surface area contributed by atoms with E-state index in [-0.39, 0.29) is 0 Å². The molecule has 0 aliphatic carbocycles. The van der Waals surface area contributed by atoms with E-state index in [4.69, 9.17) is 28.5 Å². The van der Waals surface area contributed by atoms with Crippen molar-refractivity contribution in [2.24, 2.45) is 0 Å². The van der Waals surface area contributed by atoms with Gasteiger partial charge in [0, 0.05) is 25.7 Å². The minimum atomic E-state index is 0.386. The lowest BCUT2D eigenvalue weighted by Crippen LogP contribution is -2.38. The van der Waals surface area contributed by atoms with Crippen molar-refractivity contribution in [3.63, 3.8) is 0 Å². The number of pyridine rings is 1. The van der Waals surface area contributed by atoms with Gasteiger partial charge in [-0.1, -0.05) is 35.3 Å². The molecule has 0 unspecified atom stereocenters. The third-order valence-electron chi connectivity index (χ3n) is 4.19. The van der Waals surface area contributed by atoms with Crippen LogP contribution in [-0.4, -0.2) is 29.0 Å². The highest BCUT2D eigenvalue weighted by Crippen LogP contribution is 2.24. The van der Waals surface area contributed by atoms with Crippen LogP contribution in [-0.2, 0) is 6.54 Å². The molecular weight excluding hydrogens is 343 g/mol. The van der Waals surface area contributed by atoms with Crippen molar-refractivity contribution in [2.75, 3.05) is 18.4 Å². The lowest BCUT2D eigenvalue weighted by atomic mass is 10.0. The number of anilines is 1. The van der Waals surface area contributed by atoms with Crippen molar-refractivity contribution >= 4 is 29.0 Å². The standard InChI is InChI=1S/C18H18Cl2N4/c19-16-5-4-13(10-17(16)20)12-24-8-6-14(7-9-24)22-18-3-1-2-15(11-21)23-18/h1-5,10,14H,6-9,12H2,(H,22,23). The molecule has 0 saturated carbocycles. The van der Waals surface area contributed by atoms with Crippen molar-refractivity contribution in [1.82, 2.24) is 9.88 Å². The van der Waals surface area contributed by atoms with E-state index in [1.165, 1.54) is 5.56 Å². The maximum Gasteiger partial charge on any atom is 0.142 e. The largest absolute Gasteiger partial charge is 0.367 e. The molecule has 1 aliphatic rings. The molecule has 3 rings (SSSR count). The first-order valence-electron chi connectivity index (χ1n) is 7.94. The minimum absolute atomic E-state index is 0.386. The Bertz CT molecular complexity index is 749. The van der Waals surface area contributed by atoms with Crippen LogP contribution in [0.2, 0.25) is 10.0 Å². The van der Waals surface area contributed by atoms with Gasteiger partial charge in [0.05, 0.1) is 10.0 Å². The molecule has 0 spiro atoms. The molecule has 2 aromatic rings. The highest BCUT2D eigenvalue weighted by atomic mass is 35.5. The van der Waals surface area contributed by atoms with Gasteiger partial charge in [-0.15, -0.1) is 0 Å². The second kappa shape index (κ2) is 7.85. The summed E-state index contributed by atoms with van der Waals surface area (Å²) in [7, 11) is 0. The van der Waals surface area contributed by atoms with Crippen LogP contribution in [0.4, 0.5) is 5.82 Å². The molecule has 6 heteroatoms. The van der Waals surface area contributed by atoms with Crippen molar-refractivity contribution in [1.29, 1.82) is 5.26 Å². The van der Waals surface area contributed by atoms with E-state index < -0.39 is 0 Å². The number of nitrogens with zero attached hydrogens (tertiary/aromatic N) is 3. The molecule has 1 aromatic carbocycles. The summed E-state index contributed by atoms with van der Waals surface area (Å²) in [6, 6.07) is 13.7. The number of likely N-dealkylation sites (tertiary alicyclic amines) is 1.